The lowest BCUT2D eigenvalue weighted by Crippen LogP contribution is -2.20. The van der Waals surface area contributed by atoms with Gasteiger partial charge in [-0.2, -0.15) is 0 Å². The SMILES string of the molecule is [N-]=[N+]=NCCCC(=O)NCI. The summed E-state index contributed by atoms with van der Waals surface area (Å²) in [5, 5.41) is 5.94. The molecule has 5 nitrogen and oxygen atoms in total. The maximum Gasteiger partial charge on any atom is 0.220 e. The highest BCUT2D eigenvalue weighted by Crippen LogP contribution is 1.90. The van der Waals surface area contributed by atoms with Gasteiger partial charge in [0.05, 0.1) is 4.55 Å². The molecule has 0 aromatic rings. The van der Waals surface area contributed by atoms with E-state index >= 15 is 0 Å². The van der Waals surface area contributed by atoms with E-state index in [1.807, 2.05) is 0 Å². The minimum Gasteiger partial charge on any atom is -0.347 e. The van der Waals surface area contributed by atoms with Gasteiger partial charge in [0.1, 0.15) is 0 Å². The van der Waals surface area contributed by atoms with E-state index in [1.54, 1.807) is 0 Å². The van der Waals surface area contributed by atoms with Crippen molar-refractivity contribution in [1.82, 2.24) is 5.32 Å². The van der Waals surface area contributed by atoms with Gasteiger partial charge in [-0.15, -0.1) is 0 Å². The summed E-state index contributed by atoms with van der Waals surface area (Å²) in [6.45, 7) is 0.394. The molecule has 0 aromatic heterocycles. The summed E-state index contributed by atoms with van der Waals surface area (Å²) < 4.78 is 0.623. The van der Waals surface area contributed by atoms with Gasteiger partial charge in [0.2, 0.25) is 5.91 Å². The Labute approximate surface area is 78.3 Å². The van der Waals surface area contributed by atoms with Crippen molar-refractivity contribution in [2.45, 2.75) is 12.8 Å². The molecule has 11 heavy (non-hydrogen) atoms. The minimum absolute atomic E-state index is 0.00698. The maximum absolute atomic E-state index is 10.8. The van der Waals surface area contributed by atoms with Gasteiger partial charge < -0.3 is 5.32 Å². The molecule has 0 aliphatic carbocycles. The van der Waals surface area contributed by atoms with E-state index in [9.17, 15) is 4.79 Å². The van der Waals surface area contributed by atoms with Crippen molar-refractivity contribution in [2.24, 2.45) is 5.11 Å². The molecule has 0 atom stereocenters. The first-order valence-corrected chi connectivity index (χ1v) is 4.67. The minimum atomic E-state index is 0.00698. The van der Waals surface area contributed by atoms with Crippen LogP contribution in [0, 0.1) is 0 Å². The topological polar surface area (TPSA) is 77.9 Å². The van der Waals surface area contributed by atoms with E-state index in [4.69, 9.17) is 5.53 Å². The maximum atomic E-state index is 10.8. The van der Waals surface area contributed by atoms with Crippen LogP contribution in [0.15, 0.2) is 5.11 Å². The van der Waals surface area contributed by atoms with Crippen molar-refractivity contribution in [3.63, 3.8) is 0 Å². The second-order valence-corrected chi connectivity index (χ2v) is 2.55. The summed E-state index contributed by atoms with van der Waals surface area (Å²) >= 11 is 2.06. The quantitative estimate of drug-likeness (QED) is 0.153. The van der Waals surface area contributed by atoms with E-state index in [2.05, 4.69) is 37.9 Å². The van der Waals surface area contributed by atoms with Crippen LogP contribution in [0.2, 0.25) is 0 Å². The van der Waals surface area contributed by atoms with Crippen LogP contribution in [0.1, 0.15) is 12.8 Å². The number of alkyl halides is 1. The Morgan fingerprint density at radius 2 is 2.45 bits per heavy atom. The van der Waals surface area contributed by atoms with Crippen LogP contribution in [0.4, 0.5) is 0 Å². The van der Waals surface area contributed by atoms with Crippen LogP contribution in [-0.4, -0.2) is 17.0 Å². The number of hydrogen-bond donors (Lipinski definition) is 1. The van der Waals surface area contributed by atoms with Gasteiger partial charge in [-0.3, -0.25) is 4.79 Å². The largest absolute Gasteiger partial charge is 0.347 e. The standard InChI is InChI=1S/C5H9IN4O/c6-4-8-5(11)2-1-3-9-10-7/h1-4H2,(H,8,11). The summed E-state index contributed by atoms with van der Waals surface area (Å²) in [6, 6.07) is 0. The van der Waals surface area contributed by atoms with Crippen molar-refractivity contribution >= 4 is 28.5 Å². The van der Waals surface area contributed by atoms with Crippen LogP contribution >= 0.6 is 22.6 Å². The van der Waals surface area contributed by atoms with Gasteiger partial charge in [0, 0.05) is 17.9 Å². The molecule has 6 heteroatoms. The Kier molecular flexibility index (Phi) is 7.28. The van der Waals surface area contributed by atoms with Gasteiger partial charge in [0.15, 0.2) is 0 Å². The number of rotatable bonds is 5. The van der Waals surface area contributed by atoms with Crippen molar-refractivity contribution in [2.75, 3.05) is 11.1 Å². The molecule has 0 aliphatic rings. The molecule has 0 unspecified atom stereocenters. The molecular weight excluding hydrogens is 259 g/mol. The van der Waals surface area contributed by atoms with E-state index in [1.165, 1.54) is 0 Å². The Hall–Kier alpha value is -0.490. The molecule has 1 amide bonds. The number of azide groups is 1. The molecule has 0 heterocycles. The average Bonchev–Trinajstić information content (AvgIpc) is 1.99. The van der Waals surface area contributed by atoms with Crippen LogP contribution < -0.4 is 5.32 Å². The highest BCUT2D eigenvalue weighted by atomic mass is 127. The number of nitrogens with one attached hydrogen (secondary N) is 1. The average molecular weight is 268 g/mol. The predicted molar refractivity (Wildman–Crippen MR) is 50.3 cm³/mol. The number of hydrogen-bond acceptors (Lipinski definition) is 2. The molecule has 0 spiro atoms. The third-order valence-electron chi connectivity index (χ3n) is 0.989. The number of carbonyl (C=O) groups excluding carboxylic acids is 1. The Bertz CT molecular complexity index is 166. The molecule has 0 fully saturated rings. The fraction of sp³-hybridized carbons (Fsp3) is 0.800. The summed E-state index contributed by atoms with van der Waals surface area (Å²) in [7, 11) is 0. The summed E-state index contributed by atoms with van der Waals surface area (Å²) in [5.41, 5.74) is 7.89. The predicted octanol–water partition coefficient (Wildman–Crippen LogP) is 1.59. The van der Waals surface area contributed by atoms with Crippen LogP contribution in [0.25, 0.3) is 10.4 Å². The lowest BCUT2D eigenvalue weighted by molar-refractivity contribution is -0.120. The highest BCUT2D eigenvalue weighted by Gasteiger charge is 1.96. The first-order valence-electron chi connectivity index (χ1n) is 3.14. The molecular formula is C5H9IN4O. The number of carbonyl (C=O) groups is 1. The molecule has 0 saturated carbocycles. The van der Waals surface area contributed by atoms with Gasteiger partial charge >= 0.3 is 0 Å². The summed E-state index contributed by atoms with van der Waals surface area (Å²) in [4.78, 5) is 13.3. The van der Waals surface area contributed by atoms with E-state index in [-0.39, 0.29) is 5.91 Å². The first kappa shape index (κ1) is 10.5. The first-order chi connectivity index (χ1) is 5.31. The fourth-order valence-electron chi connectivity index (χ4n) is 0.518. The third-order valence-corrected chi connectivity index (χ3v) is 1.37. The van der Waals surface area contributed by atoms with Crippen molar-refractivity contribution in [3.8, 4) is 0 Å². The monoisotopic (exact) mass is 268 g/mol. The zero-order valence-electron chi connectivity index (χ0n) is 5.96. The molecule has 0 rings (SSSR count). The van der Waals surface area contributed by atoms with Crippen molar-refractivity contribution in [3.05, 3.63) is 10.4 Å². The van der Waals surface area contributed by atoms with E-state index in [0.29, 0.717) is 23.9 Å². The molecule has 0 bridgehead atoms. The Morgan fingerprint density at radius 1 is 1.73 bits per heavy atom. The molecule has 0 saturated heterocycles. The van der Waals surface area contributed by atoms with Crippen molar-refractivity contribution in [1.29, 1.82) is 0 Å². The van der Waals surface area contributed by atoms with Crippen LogP contribution in [-0.2, 0) is 4.79 Å². The van der Waals surface area contributed by atoms with Crippen LogP contribution in [0.5, 0.6) is 0 Å². The molecule has 62 valence electrons. The van der Waals surface area contributed by atoms with Gasteiger partial charge in [-0.25, -0.2) is 0 Å². The van der Waals surface area contributed by atoms with Crippen molar-refractivity contribution < 1.29 is 4.79 Å². The summed E-state index contributed by atoms with van der Waals surface area (Å²) in [6.07, 6.45) is 1.05. The fourth-order valence-corrected chi connectivity index (χ4v) is 0.943. The Balaban J connectivity index is 3.23. The van der Waals surface area contributed by atoms with Gasteiger partial charge in [-0.05, 0) is 12.0 Å². The zero-order valence-corrected chi connectivity index (χ0v) is 8.11. The lowest BCUT2D eigenvalue weighted by atomic mass is 10.3. The summed E-state index contributed by atoms with van der Waals surface area (Å²) in [5.74, 6) is 0.00698. The smallest absolute Gasteiger partial charge is 0.220 e. The molecule has 0 aromatic carbocycles. The van der Waals surface area contributed by atoms with Gasteiger partial charge in [0.25, 0.3) is 0 Å². The molecule has 1 N–H and O–H groups in total. The third kappa shape index (κ3) is 7.41. The highest BCUT2D eigenvalue weighted by molar-refractivity contribution is 14.1. The Morgan fingerprint density at radius 3 is 3.00 bits per heavy atom. The van der Waals surface area contributed by atoms with Gasteiger partial charge in [-0.1, -0.05) is 27.7 Å². The molecule has 0 radical (unpaired) electrons. The number of halogens is 1. The van der Waals surface area contributed by atoms with E-state index in [0.717, 1.165) is 0 Å². The molecule has 0 aliphatic heterocycles. The van der Waals surface area contributed by atoms with E-state index < -0.39 is 0 Å². The van der Waals surface area contributed by atoms with Crippen LogP contribution in [0.3, 0.4) is 0 Å². The zero-order chi connectivity index (χ0) is 8.53. The number of nitrogens with zero attached hydrogens (tertiary/aromatic N) is 3. The normalized spacial score (nSPS) is 8.45. The lowest BCUT2D eigenvalue weighted by Gasteiger charge is -1.97. The number of amides is 1. The second kappa shape index (κ2) is 7.62. The second-order valence-electron chi connectivity index (χ2n) is 1.79.